The van der Waals surface area contributed by atoms with Crippen LogP contribution in [0, 0.1) is 21.7 Å². The van der Waals surface area contributed by atoms with Crippen LogP contribution in [0.3, 0.4) is 0 Å². The Morgan fingerprint density at radius 1 is 1.17 bits per heavy atom. The Kier molecular flexibility index (Phi) is 4.05. The summed E-state index contributed by atoms with van der Waals surface area (Å²) in [6.45, 7) is -0.527. The molecular formula is C16H10F2N2O4. The summed E-state index contributed by atoms with van der Waals surface area (Å²) in [6, 6.07) is 8.25. The van der Waals surface area contributed by atoms with Crippen LogP contribution in [0.25, 0.3) is 22.6 Å². The number of hydrogen-bond donors (Lipinski definition) is 1. The second-order valence-electron chi connectivity index (χ2n) is 4.93. The van der Waals surface area contributed by atoms with Gasteiger partial charge in [0, 0.05) is 17.7 Å². The van der Waals surface area contributed by atoms with E-state index < -0.39 is 23.2 Å². The molecule has 6 nitrogen and oxygen atoms in total. The van der Waals surface area contributed by atoms with Gasteiger partial charge >= 0.3 is 0 Å². The first-order valence-corrected chi connectivity index (χ1v) is 6.81. The van der Waals surface area contributed by atoms with E-state index in [4.69, 9.17) is 4.52 Å². The molecule has 0 fully saturated rings. The number of halogens is 2. The van der Waals surface area contributed by atoms with Gasteiger partial charge in [-0.2, -0.15) is 0 Å². The number of benzene rings is 2. The Hall–Kier alpha value is -3.13. The van der Waals surface area contributed by atoms with Gasteiger partial charge in [-0.1, -0.05) is 5.16 Å². The summed E-state index contributed by atoms with van der Waals surface area (Å²) in [5.41, 5.74) is 0.528. The highest BCUT2D eigenvalue weighted by molar-refractivity contribution is 5.73. The minimum atomic E-state index is -0.725. The number of hydrogen-bond acceptors (Lipinski definition) is 5. The predicted molar refractivity (Wildman–Crippen MR) is 79.9 cm³/mol. The maximum absolute atomic E-state index is 13.9. The molecule has 2 aromatic carbocycles. The van der Waals surface area contributed by atoms with Crippen molar-refractivity contribution in [1.82, 2.24) is 5.16 Å². The molecule has 0 aliphatic rings. The van der Waals surface area contributed by atoms with Crippen LogP contribution in [0.4, 0.5) is 14.5 Å². The summed E-state index contributed by atoms with van der Waals surface area (Å²) < 4.78 is 32.4. The maximum Gasteiger partial charge on any atom is 0.269 e. The fourth-order valence-corrected chi connectivity index (χ4v) is 2.31. The van der Waals surface area contributed by atoms with Gasteiger partial charge in [0.1, 0.15) is 17.3 Å². The molecule has 0 unspecified atom stereocenters. The van der Waals surface area contributed by atoms with E-state index in [0.717, 1.165) is 18.2 Å². The molecule has 0 aliphatic carbocycles. The number of aliphatic hydroxyl groups is 1. The fraction of sp³-hybridized carbons (Fsp3) is 0.0625. The van der Waals surface area contributed by atoms with E-state index in [0.29, 0.717) is 5.56 Å². The topological polar surface area (TPSA) is 89.4 Å². The first kappa shape index (κ1) is 15.8. The van der Waals surface area contributed by atoms with Gasteiger partial charge in [-0.05, 0) is 30.3 Å². The highest BCUT2D eigenvalue weighted by Crippen LogP contribution is 2.34. The van der Waals surface area contributed by atoms with Crippen molar-refractivity contribution in [2.75, 3.05) is 0 Å². The summed E-state index contributed by atoms with van der Waals surface area (Å²) in [5, 5.41) is 24.1. The van der Waals surface area contributed by atoms with Crippen molar-refractivity contribution in [1.29, 1.82) is 0 Å². The Balaban J connectivity index is 2.10. The van der Waals surface area contributed by atoms with Crippen molar-refractivity contribution in [3.05, 3.63) is 69.8 Å². The number of non-ortho nitro benzene ring substituents is 1. The predicted octanol–water partition coefficient (Wildman–Crippen LogP) is 3.69. The van der Waals surface area contributed by atoms with Gasteiger partial charge in [0.2, 0.25) is 0 Å². The van der Waals surface area contributed by atoms with E-state index in [2.05, 4.69) is 5.16 Å². The first-order valence-electron chi connectivity index (χ1n) is 6.81. The zero-order chi connectivity index (χ0) is 17.3. The monoisotopic (exact) mass is 332 g/mol. The molecule has 0 atom stereocenters. The molecule has 0 spiro atoms. The summed E-state index contributed by atoms with van der Waals surface area (Å²) in [7, 11) is 0. The SMILES string of the molecule is O=[N+]([O-])c1ccc(-c2noc(-c3cc(F)ccc3F)c2CO)cc1. The van der Waals surface area contributed by atoms with E-state index >= 15 is 0 Å². The van der Waals surface area contributed by atoms with Crippen LogP contribution in [0.15, 0.2) is 47.0 Å². The number of rotatable bonds is 4. The molecule has 0 saturated carbocycles. The van der Waals surface area contributed by atoms with E-state index in [-0.39, 0.29) is 28.3 Å². The van der Waals surface area contributed by atoms with Gasteiger partial charge < -0.3 is 9.63 Å². The second kappa shape index (κ2) is 6.17. The molecule has 0 radical (unpaired) electrons. The zero-order valence-electron chi connectivity index (χ0n) is 12.1. The van der Waals surface area contributed by atoms with Crippen LogP contribution in [0.5, 0.6) is 0 Å². The second-order valence-corrected chi connectivity index (χ2v) is 4.93. The van der Waals surface area contributed by atoms with Crippen molar-refractivity contribution in [2.45, 2.75) is 6.61 Å². The number of nitro groups is 1. The van der Waals surface area contributed by atoms with Gasteiger partial charge in [-0.3, -0.25) is 10.1 Å². The molecule has 24 heavy (non-hydrogen) atoms. The fourth-order valence-electron chi connectivity index (χ4n) is 2.31. The van der Waals surface area contributed by atoms with Gasteiger partial charge in [0.25, 0.3) is 5.69 Å². The van der Waals surface area contributed by atoms with Crippen LogP contribution < -0.4 is 0 Å². The number of aromatic nitrogens is 1. The lowest BCUT2D eigenvalue weighted by molar-refractivity contribution is -0.384. The van der Waals surface area contributed by atoms with Crippen molar-refractivity contribution >= 4 is 5.69 Å². The molecular weight excluding hydrogens is 322 g/mol. The molecule has 122 valence electrons. The Bertz CT molecular complexity index is 907. The molecule has 8 heteroatoms. The largest absolute Gasteiger partial charge is 0.391 e. The smallest absolute Gasteiger partial charge is 0.269 e. The van der Waals surface area contributed by atoms with E-state index in [1.807, 2.05) is 0 Å². The van der Waals surface area contributed by atoms with E-state index in [1.165, 1.54) is 24.3 Å². The standard InChI is InChI=1S/C16H10F2N2O4/c17-10-3-6-14(18)12(7-10)16-13(8-21)15(19-24-16)9-1-4-11(5-2-9)20(22)23/h1-7,21H,8H2. The molecule has 1 N–H and O–H groups in total. The summed E-state index contributed by atoms with van der Waals surface area (Å²) in [4.78, 5) is 10.1. The third-order valence-electron chi connectivity index (χ3n) is 3.47. The number of nitrogens with zero attached hydrogens (tertiary/aromatic N) is 2. The molecule has 3 aromatic rings. The molecule has 1 aromatic heterocycles. The summed E-state index contributed by atoms with van der Waals surface area (Å²) in [6.07, 6.45) is 0. The third-order valence-corrected chi connectivity index (χ3v) is 3.47. The van der Waals surface area contributed by atoms with Crippen molar-refractivity contribution in [3.8, 4) is 22.6 Å². The molecule has 1 heterocycles. The quantitative estimate of drug-likeness (QED) is 0.581. The van der Waals surface area contributed by atoms with Crippen LogP contribution in [-0.2, 0) is 6.61 Å². The Morgan fingerprint density at radius 3 is 2.50 bits per heavy atom. The zero-order valence-corrected chi connectivity index (χ0v) is 12.1. The Labute approximate surface area is 134 Å². The highest BCUT2D eigenvalue weighted by Gasteiger charge is 2.21. The number of nitro benzene ring substituents is 1. The molecule has 0 saturated heterocycles. The summed E-state index contributed by atoms with van der Waals surface area (Å²) in [5.74, 6) is -1.48. The van der Waals surface area contributed by atoms with E-state index in [1.54, 1.807) is 0 Å². The van der Waals surface area contributed by atoms with Crippen molar-refractivity contribution in [3.63, 3.8) is 0 Å². The minimum absolute atomic E-state index is 0.0946. The van der Waals surface area contributed by atoms with Gasteiger partial charge in [-0.15, -0.1) is 0 Å². The molecule has 3 rings (SSSR count). The van der Waals surface area contributed by atoms with Gasteiger partial charge in [-0.25, -0.2) is 8.78 Å². The highest BCUT2D eigenvalue weighted by atomic mass is 19.1. The lowest BCUT2D eigenvalue weighted by atomic mass is 10.0. The van der Waals surface area contributed by atoms with Gasteiger partial charge in [0.05, 0.1) is 22.7 Å². The van der Waals surface area contributed by atoms with Crippen molar-refractivity contribution in [2.24, 2.45) is 0 Å². The van der Waals surface area contributed by atoms with Crippen molar-refractivity contribution < 1.29 is 23.3 Å². The van der Waals surface area contributed by atoms with Gasteiger partial charge in [0.15, 0.2) is 5.76 Å². The lowest BCUT2D eigenvalue weighted by Crippen LogP contribution is -1.92. The molecule has 0 aliphatic heterocycles. The minimum Gasteiger partial charge on any atom is -0.391 e. The van der Waals surface area contributed by atoms with E-state index in [9.17, 15) is 24.0 Å². The molecule has 0 bridgehead atoms. The average Bonchev–Trinajstić information content (AvgIpc) is 3.00. The van der Waals surface area contributed by atoms with Crippen LogP contribution >= 0.6 is 0 Å². The van der Waals surface area contributed by atoms with Crippen LogP contribution in [0.2, 0.25) is 0 Å². The number of aliphatic hydroxyl groups excluding tert-OH is 1. The Morgan fingerprint density at radius 2 is 1.88 bits per heavy atom. The third kappa shape index (κ3) is 2.74. The first-order chi connectivity index (χ1) is 11.5. The lowest BCUT2D eigenvalue weighted by Gasteiger charge is -2.03. The summed E-state index contributed by atoms with van der Waals surface area (Å²) >= 11 is 0. The van der Waals surface area contributed by atoms with Crippen LogP contribution in [0.1, 0.15) is 5.56 Å². The molecule has 0 amide bonds. The van der Waals surface area contributed by atoms with Crippen LogP contribution in [-0.4, -0.2) is 15.2 Å². The average molecular weight is 332 g/mol. The normalized spacial score (nSPS) is 10.8. The maximum atomic E-state index is 13.9.